The molecule has 24 heavy (non-hydrogen) atoms. The Morgan fingerprint density at radius 3 is 2.50 bits per heavy atom. The molecule has 134 valence electrons. The van der Waals surface area contributed by atoms with Gasteiger partial charge >= 0.3 is 0 Å². The number of nitrogens with zero attached hydrogens (tertiary/aromatic N) is 1. The second-order valence-electron chi connectivity index (χ2n) is 5.58. The zero-order chi connectivity index (χ0) is 16.7. The Kier molecular flexibility index (Phi) is 9.07. The molecule has 1 heterocycles. The average Bonchev–Trinajstić information content (AvgIpc) is 2.56. The van der Waals surface area contributed by atoms with Gasteiger partial charge in [-0.15, -0.1) is 12.4 Å². The van der Waals surface area contributed by atoms with E-state index in [2.05, 4.69) is 20.9 Å². The summed E-state index contributed by atoms with van der Waals surface area (Å²) in [5.41, 5.74) is 0.481. The quantitative estimate of drug-likeness (QED) is 0.691. The van der Waals surface area contributed by atoms with Gasteiger partial charge in [-0.25, -0.2) is 0 Å². The summed E-state index contributed by atoms with van der Waals surface area (Å²) < 4.78 is 0. The van der Waals surface area contributed by atoms with Gasteiger partial charge < -0.3 is 16.0 Å². The van der Waals surface area contributed by atoms with Gasteiger partial charge in [-0.2, -0.15) is 0 Å². The van der Waals surface area contributed by atoms with Crippen LogP contribution in [0.15, 0.2) is 24.3 Å². The van der Waals surface area contributed by atoms with Crippen molar-refractivity contribution in [2.45, 2.75) is 13.0 Å². The van der Waals surface area contributed by atoms with E-state index >= 15 is 0 Å². The van der Waals surface area contributed by atoms with Gasteiger partial charge in [0.2, 0.25) is 5.91 Å². The van der Waals surface area contributed by atoms with Crippen LogP contribution < -0.4 is 16.0 Å². The zero-order valence-electron chi connectivity index (χ0n) is 13.7. The molecule has 0 radical (unpaired) electrons. The van der Waals surface area contributed by atoms with Crippen molar-refractivity contribution < 1.29 is 9.59 Å². The smallest absolute Gasteiger partial charge is 0.251 e. The molecule has 1 atom stereocenters. The van der Waals surface area contributed by atoms with Crippen molar-refractivity contribution in [3.63, 3.8) is 0 Å². The normalized spacial score (nSPS) is 15.9. The highest BCUT2D eigenvalue weighted by Crippen LogP contribution is 2.09. The molecule has 1 aromatic carbocycles. The number of benzene rings is 1. The molecule has 0 aromatic heterocycles. The highest BCUT2D eigenvalue weighted by Gasteiger charge is 2.17. The van der Waals surface area contributed by atoms with Crippen LogP contribution in [0.4, 0.5) is 0 Å². The van der Waals surface area contributed by atoms with Crippen LogP contribution in [0.2, 0.25) is 5.02 Å². The molecule has 1 fully saturated rings. The van der Waals surface area contributed by atoms with Gasteiger partial charge in [0.05, 0.1) is 0 Å². The Bertz CT molecular complexity index is 533. The number of hydrogen-bond donors (Lipinski definition) is 3. The Morgan fingerprint density at radius 2 is 1.88 bits per heavy atom. The lowest BCUT2D eigenvalue weighted by molar-refractivity contribution is -0.122. The minimum atomic E-state index is -0.582. The van der Waals surface area contributed by atoms with E-state index in [1.807, 2.05) is 0 Å². The first-order chi connectivity index (χ1) is 11.1. The van der Waals surface area contributed by atoms with E-state index in [0.717, 1.165) is 32.7 Å². The van der Waals surface area contributed by atoms with Crippen LogP contribution in [0.1, 0.15) is 17.3 Å². The molecule has 1 unspecified atom stereocenters. The predicted molar refractivity (Wildman–Crippen MR) is 97.9 cm³/mol. The van der Waals surface area contributed by atoms with E-state index in [0.29, 0.717) is 17.1 Å². The molecule has 0 saturated carbocycles. The van der Waals surface area contributed by atoms with Crippen molar-refractivity contribution in [3.05, 3.63) is 34.9 Å². The molecule has 2 amide bonds. The first-order valence-electron chi connectivity index (χ1n) is 7.83. The fraction of sp³-hybridized carbons (Fsp3) is 0.500. The summed E-state index contributed by atoms with van der Waals surface area (Å²) >= 11 is 5.79. The highest BCUT2D eigenvalue weighted by atomic mass is 35.5. The first kappa shape index (κ1) is 20.7. The second kappa shape index (κ2) is 10.5. The standard InChI is InChI=1S/C16H23ClN4O2.ClH/c1-12(20-16(23)13-2-4-14(17)5-3-13)15(22)19-8-11-21-9-6-18-7-10-21;/h2-5,12,18H,6-11H2,1H3,(H,19,22)(H,20,23);1H. The Labute approximate surface area is 153 Å². The molecule has 6 nitrogen and oxygen atoms in total. The Hall–Kier alpha value is -1.34. The highest BCUT2D eigenvalue weighted by molar-refractivity contribution is 6.30. The van der Waals surface area contributed by atoms with Crippen LogP contribution in [0.25, 0.3) is 0 Å². The van der Waals surface area contributed by atoms with Gasteiger partial charge in [0, 0.05) is 49.9 Å². The SMILES string of the molecule is CC(NC(=O)c1ccc(Cl)cc1)C(=O)NCCN1CCNCC1.Cl. The lowest BCUT2D eigenvalue weighted by Gasteiger charge is -2.27. The molecule has 1 saturated heterocycles. The number of hydrogen-bond acceptors (Lipinski definition) is 4. The summed E-state index contributed by atoms with van der Waals surface area (Å²) in [5.74, 6) is -0.464. The first-order valence-corrected chi connectivity index (χ1v) is 8.21. The van der Waals surface area contributed by atoms with Crippen LogP contribution >= 0.6 is 24.0 Å². The second-order valence-corrected chi connectivity index (χ2v) is 6.02. The maximum absolute atomic E-state index is 12.0. The van der Waals surface area contributed by atoms with E-state index in [1.165, 1.54) is 0 Å². The topological polar surface area (TPSA) is 73.5 Å². The maximum Gasteiger partial charge on any atom is 0.251 e. The zero-order valence-corrected chi connectivity index (χ0v) is 15.3. The summed E-state index contributed by atoms with van der Waals surface area (Å²) in [7, 11) is 0. The molecule has 8 heteroatoms. The summed E-state index contributed by atoms with van der Waals surface area (Å²) in [6.45, 7) is 7.06. The Morgan fingerprint density at radius 1 is 1.25 bits per heavy atom. The average molecular weight is 375 g/mol. The van der Waals surface area contributed by atoms with Crippen LogP contribution in [-0.4, -0.2) is 62.0 Å². The largest absolute Gasteiger partial charge is 0.353 e. The molecular formula is C16H24Cl2N4O2. The van der Waals surface area contributed by atoms with E-state index in [4.69, 9.17) is 11.6 Å². The van der Waals surface area contributed by atoms with Gasteiger partial charge in [0.1, 0.15) is 6.04 Å². The van der Waals surface area contributed by atoms with Gasteiger partial charge in [-0.05, 0) is 31.2 Å². The number of carbonyl (C=O) groups is 2. The van der Waals surface area contributed by atoms with Gasteiger partial charge in [0.25, 0.3) is 5.91 Å². The lowest BCUT2D eigenvalue weighted by atomic mass is 10.2. The molecule has 1 aliphatic heterocycles. The van der Waals surface area contributed by atoms with Crippen LogP contribution in [0, 0.1) is 0 Å². The minimum absolute atomic E-state index is 0. The number of nitrogens with one attached hydrogen (secondary N) is 3. The summed E-state index contributed by atoms with van der Waals surface area (Å²) in [6.07, 6.45) is 0. The molecule has 1 aromatic rings. The van der Waals surface area contributed by atoms with Crippen molar-refractivity contribution >= 4 is 35.8 Å². The lowest BCUT2D eigenvalue weighted by Crippen LogP contribution is -2.49. The van der Waals surface area contributed by atoms with E-state index in [9.17, 15) is 9.59 Å². The number of halogens is 2. The summed E-state index contributed by atoms with van der Waals surface area (Å²) in [4.78, 5) is 26.4. The van der Waals surface area contributed by atoms with E-state index < -0.39 is 6.04 Å². The third-order valence-electron chi connectivity index (χ3n) is 3.78. The minimum Gasteiger partial charge on any atom is -0.353 e. The molecule has 0 spiro atoms. The van der Waals surface area contributed by atoms with E-state index in [-0.39, 0.29) is 24.2 Å². The van der Waals surface area contributed by atoms with Crippen molar-refractivity contribution in [3.8, 4) is 0 Å². The van der Waals surface area contributed by atoms with Crippen LogP contribution in [0.3, 0.4) is 0 Å². The van der Waals surface area contributed by atoms with Gasteiger partial charge in [0.15, 0.2) is 0 Å². The Balaban J connectivity index is 0.00000288. The fourth-order valence-corrected chi connectivity index (χ4v) is 2.50. The maximum atomic E-state index is 12.0. The molecule has 2 rings (SSSR count). The molecule has 0 bridgehead atoms. The van der Waals surface area contributed by atoms with E-state index in [1.54, 1.807) is 31.2 Å². The molecule has 0 aliphatic carbocycles. The van der Waals surface area contributed by atoms with Crippen molar-refractivity contribution in [1.29, 1.82) is 0 Å². The monoisotopic (exact) mass is 374 g/mol. The van der Waals surface area contributed by atoms with Crippen molar-refractivity contribution in [2.75, 3.05) is 39.3 Å². The number of piperazine rings is 1. The van der Waals surface area contributed by atoms with Crippen molar-refractivity contribution in [2.24, 2.45) is 0 Å². The van der Waals surface area contributed by atoms with Crippen LogP contribution in [-0.2, 0) is 4.79 Å². The third-order valence-corrected chi connectivity index (χ3v) is 4.04. The fourth-order valence-electron chi connectivity index (χ4n) is 2.37. The number of carbonyl (C=O) groups excluding carboxylic acids is 2. The number of amides is 2. The van der Waals surface area contributed by atoms with Gasteiger partial charge in [-0.3, -0.25) is 14.5 Å². The van der Waals surface area contributed by atoms with Crippen LogP contribution in [0.5, 0.6) is 0 Å². The summed E-state index contributed by atoms with van der Waals surface area (Å²) in [6, 6.07) is 5.98. The predicted octanol–water partition coefficient (Wildman–Crippen LogP) is 0.901. The summed E-state index contributed by atoms with van der Waals surface area (Å²) in [5, 5.41) is 9.40. The molecular weight excluding hydrogens is 351 g/mol. The molecule has 1 aliphatic rings. The van der Waals surface area contributed by atoms with Gasteiger partial charge in [-0.1, -0.05) is 11.6 Å². The number of rotatable bonds is 6. The van der Waals surface area contributed by atoms with Crippen molar-refractivity contribution in [1.82, 2.24) is 20.9 Å². The third kappa shape index (κ3) is 6.65. The molecule has 3 N–H and O–H groups in total.